The second kappa shape index (κ2) is 4.66. The summed E-state index contributed by atoms with van der Waals surface area (Å²) in [4.78, 5) is 0. The Morgan fingerprint density at radius 2 is 0.905 bits per heavy atom. The van der Waals surface area contributed by atoms with Crippen LogP contribution in [0, 0.1) is 0 Å². The minimum absolute atomic E-state index is 0.234. The maximum absolute atomic E-state index is 9.99. The molecule has 0 fully saturated rings. The molecule has 2 aromatic rings. The molecule has 0 aliphatic heterocycles. The van der Waals surface area contributed by atoms with Gasteiger partial charge in [0.25, 0.3) is 0 Å². The molecule has 0 saturated carbocycles. The molecule has 0 heterocycles. The molecule has 0 aliphatic rings. The van der Waals surface area contributed by atoms with Gasteiger partial charge in [-0.3, -0.25) is 0 Å². The van der Waals surface area contributed by atoms with E-state index in [1.54, 1.807) is 13.8 Å². The van der Waals surface area contributed by atoms with Crippen LogP contribution in [0.15, 0.2) is 24.3 Å². The maximum atomic E-state index is 9.99. The van der Waals surface area contributed by atoms with E-state index in [9.17, 15) is 30.6 Å². The highest BCUT2D eigenvalue weighted by atomic mass is 16.3. The maximum Gasteiger partial charge on any atom is 0.200 e. The number of rotatable bonds is 2. The van der Waals surface area contributed by atoms with Crippen molar-refractivity contribution in [3.05, 3.63) is 35.4 Å². The number of aromatic hydroxyl groups is 6. The van der Waals surface area contributed by atoms with Gasteiger partial charge in [0.1, 0.15) is 0 Å². The fourth-order valence-electron chi connectivity index (χ4n) is 2.29. The first kappa shape index (κ1) is 14.6. The van der Waals surface area contributed by atoms with Gasteiger partial charge in [0.05, 0.1) is 0 Å². The Balaban J connectivity index is 2.68. The molecule has 0 unspecified atom stereocenters. The Bertz CT molecular complexity index is 646. The standard InChI is InChI=1S/C15H16O6/c1-15(2,7-3-5-9(16)13(20)11(7)18)8-4-6-10(17)14(21)12(8)19/h3-6,16-21H,1-2H3. The number of phenolic OH excluding ortho intramolecular Hbond substituents is 6. The summed E-state index contributed by atoms with van der Waals surface area (Å²) >= 11 is 0. The molecule has 0 amide bonds. The van der Waals surface area contributed by atoms with E-state index in [2.05, 4.69) is 0 Å². The van der Waals surface area contributed by atoms with E-state index in [-0.39, 0.29) is 11.1 Å². The molecule has 2 aromatic carbocycles. The van der Waals surface area contributed by atoms with E-state index in [0.29, 0.717) is 0 Å². The van der Waals surface area contributed by atoms with Crippen molar-refractivity contribution in [3.63, 3.8) is 0 Å². The predicted octanol–water partition coefficient (Wildman–Crippen LogP) is 2.25. The molecular formula is C15H16O6. The summed E-state index contributed by atoms with van der Waals surface area (Å²) in [7, 11) is 0. The monoisotopic (exact) mass is 292 g/mol. The van der Waals surface area contributed by atoms with Crippen LogP contribution in [0.2, 0.25) is 0 Å². The largest absolute Gasteiger partial charge is 0.504 e. The third-order valence-corrected chi connectivity index (χ3v) is 3.61. The fraction of sp³-hybridized carbons (Fsp3) is 0.200. The van der Waals surface area contributed by atoms with Crippen molar-refractivity contribution in [2.24, 2.45) is 0 Å². The van der Waals surface area contributed by atoms with E-state index < -0.39 is 39.9 Å². The highest BCUT2D eigenvalue weighted by Gasteiger charge is 2.32. The molecule has 0 atom stereocenters. The van der Waals surface area contributed by atoms with Crippen molar-refractivity contribution in [1.82, 2.24) is 0 Å². The fourth-order valence-corrected chi connectivity index (χ4v) is 2.29. The van der Waals surface area contributed by atoms with Gasteiger partial charge in [0.15, 0.2) is 23.0 Å². The zero-order chi connectivity index (χ0) is 15.9. The van der Waals surface area contributed by atoms with Crippen LogP contribution in [0.25, 0.3) is 0 Å². The molecule has 6 nitrogen and oxygen atoms in total. The van der Waals surface area contributed by atoms with Gasteiger partial charge in [-0.1, -0.05) is 26.0 Å². The van der Waals surface area contributed by atoms with Gasteiger partial charge >= 0.3 is 0 Å². The molecule has 0 aliphatic carbocycles. The molecule has 6 N–H and O–H groups in total. The topological polar surface area (TPSA) is 121 Å². The molecule has 2 rings (SSSR count). The van der Waals surface area contributed by atoms with Gasteiger partial charge in [-0.05, 0) is 12.1 Å². The number of phenols is 6. The zero-order valence-electron chi connectivity index (χ0n) is 11.5. The van der Waals surface area contributed by atoms with Crippen molar-refractivity contribution in [2.75, 3.05) is 0 Å². The summed E-state index contributed by atoms with van der Waals surface area (Å²) in [5.74, 6) is -3.31. The summed E-state index contributed by atoms with van der Waals surface area (Å²) < 4.78 is 0. The number of hydrogen-bond donors (Lipinski definition) is 6. The second-order valence-electron chi connectivity index (χ2n) is 5.28. The average molecular weight is 292 g/mol. The summed E-state index contributed by atoms with van der Waals surface area (Å²) in [6.07, 6.45) is 0. The Labute approximate surface area is 120 Å². The minimum Gasteiger partial charge on any atom is -0.504 e. The minimum atomic E-state index is -1.01. The molecule has 0 radical (unpaired) electrons. The van der Waals surface area contributed by atoms with Gasteiger partial charge in [0, 0.05) is 16.5 Å². The Morgan fingerprint density at radius 3 is 1.24 bits per heavy atom. The van der Waals surface area contributed by atoms with Gasteiger partial charge in [-0.15, -0.1) is 0 Å². The van der Waals surface area contributed by atoms with Crippen LogP contribution in [-0.4, -0.2) is 30.6 Å². The first-order chi connectivity index (χ1) is 9.67. The Hall–Kier alpha value is -2.76. The van der Waals surface area contributed by atoms with Crippen LogP contribution in [0.4, 0.5) is 0 Å². The lowest BCUT2D eigenvalue weighted by Gasteiger charge is -2.28. The smallest absolute Gasteiger partial charge is 0.200 e. The van der Waals surface area contributed by atoms with Crippen LogP contribution >= 0.6 is 0 Å². The van der Waals surface area contributed by atoms with E-state index in [1.807, 2.05) is 0 Å². The lowest BCUT2D eigenvalue weighted by Crippen LogP contribution is -2.19. The van der Waals surface area contributed by atoms with E-state index >= 15 is 0 Å². The third-order valence-electron chi connectivity index (χ3n) is 3.61. The summed E-state index contributed by atoms with van der Waals surface area (Å²) in [6, 6.07) is 5.22. The van der Waals surface area contributed by atoms with Crippen molar-refractivity contribution in [2.45, 2.75) is 19.3 Å². The van der Waals surface area contributed by atoms with Crippen molar-refractivity contribution in [3.8, 4) is 34.5 Å². The van der Waals surface area contributed by atoms with Crippen LogP contribution in [0.1, 0.15) is 25.0 Å². The van der Waals surface area contributed by atoms with Crippen molar-refractivity contribution < 1.29 is 30.6 Å². The summed E-state index contributed by atoms with van der Waals surface area (Å²) in [5, 5.41) is 57.9. The van der Waals surface area contributed by atoms with Crippen LogP contribution in [0.5, 0.6) is 34.5 Å². The van der Waals surface area contributed by atoms with Crippen molar-refractivity contribution in [1.29, 1.82) is 0 Å². The average Bonchev–Trinajstić information content (AvgIpc) is 2.41. The normalized spacial score (nSPS) is 11.5. The molecule has 0 spiro atoms. The highest BCUT2D eigenvalue weighted by molar-refractivity contribution is 5.62. The SMILES string of the molecule is CC(C)(c1ccc(O)c(O)c1O)c1ccc(O)c(O)c1O. The second-order valence-corrected chi connectivity index (χ2v) is 5.28. The lowest BCUT2D eigenvalue weighted by atomic mass is 9.77. The molecule has 21 heavy (non-hydrogen) atoms. The van der Waals surface area contributed by atoms with Gasteiger partial charge < -0.3 is 30.6 Å². The molecule has 6 heteroatoms. The van der Waals surface area contributed by atoms with Gasteiger partial charge in [-0.2, -0.15) is 0 Å². The number of benzene rings is 2. The summed E-state index contributed by atoms with van der Waals surface area (Å²) in [6.45, 7) is 3.29. The van der Waals surface area contributed by atoms with Crippen LogP contribution in [-0.2, 0) is 5.41 Å². The molecule has 0 saturated heterocycles. The lowest BCUT2D eigenvalue weighted by molar-refractivity contribution is 0.352. The molecule has 112 valence electrons. The molecular weight excluding hydrogens is 276 g/mol. The van der Waals surface area contributed by atoms with Gasteiger partial charge in [0.2, 0.25) is 11.5 Å². The Kier molecular flexibility index (Phi) is 3.25. The van der Waals surface area contributed by atoms with Crippen molar-refractivity contribution >= 4 is 0 Å². The van der Waals surface area contributed by atoms with E-state index in [4.69, 9.17) is 0 Å². The third kappa shape index (κ3) is 2.14. The highest BCUT2D eigenvalue weighted by Crippen LogP contribution is 2.49. The van der Waals surface area contributed by atoms with E-state index in [1.165, 1.54) is 24.3 Å². The molecule has 0 aromatic heterocycles. The summed E-state index contributed by atoms with van der Waals surface area (Å²) in [5.41, 5.74) is -0.541. The number of hydrogen-bond acceptors (Lipinski definition) is 6. The first-order valence-corrected chi connectivity index (χ1v) is 6.16. The first-order valence-electron chi connectivity index (χ1n) is 6.16. The predicted molar refractivity (Wildman–Crippen MR) is 75.0 cm³/mol. The quantitative estimate of drug-likeness (QED) is 0.472. The zero-order valence-corrected chi connectivity index (χ0v) is 11.5. The Morgan fingerprint density at radius 1 is 0.571 bits per heavy atom. The van der Waals surface area contributed by atoms with Crippen LogP contribution in [0.3, 0.4) is 0 Å². The molecule has 0 bridgehead atoms. The van der Waals surface area contributed by atoms with Gasteiger partial charge in [-0.25, -0.2) is 0 Å². The van der Waals surface area contributed by atoms with Crippen LogP contribution < -0.4 is 0 Å². The van der Waals surface area contributed by atoms with E-state index in [0.717, 1.165) is 0 Å².